The van der Waals surface area contributed by atoms with Gasteiger partial charge in [-0.25, -0.2) is 0 Å². The van der Waals surface area contributed by atoms with Crippen LogP contribution in [-0.2, 0) is 19.0 Å². The number of unbranched alkanes of at least 4 members (excludes halogenated alkanes) is 2. The van der Waals surface area contributed by atoms with E-state index in [0.29, 0.717) is 26.4 Å². The van der Waals surface area contributed by atoms with Crippen LogP contribution in [0.1, 0.15) is 46.5 Å². The molecule has 0 amide bonds. The summed E-state index contributed by atoms with van der Waals surface area (Å²) in [4.78, 5) is 9.00. The van der Waals surface area contributed by atoms with E-state index in [0.717, 1.165) is 20.1 Å². The maximum absolute atomic E-state index is 9.00. The van der Waals surface area contributed by atoms with Gasteiger partial charge in [0.1, 0.15) is 0 Å². The van der Waals surface area contributed by atoms with Crippen LogP contribution in [0, 0.1) is 0 Å². The van der Waals surface area contributed by atoms with Crippen molar-refractivity contribution in [2.24, 2.45) is 0 Å². The van der Waals surface area contributed by atoms with E-state index < -0.39 is 5.97 Å². The molecule has 0 aromatic rings. The standard InChI is InChI=1S/C8H18O.C6H14O4.C2H4O2/c1-3-5-7-9-8-6-4-2;7-1-3-9-5-6-10-4-2-8;1-2(3)4/h3-8H2,1-2H3;7-8H,1-6H2;1H3,(H,3,4). The predicted octanol–water partition coefficient (Wildman–Crippen LogP) is 1.70. The number of carbonyl (C=O) groups is 1. The summed E-state index contributed by atoms with van der Waals surface area (Å²) in [6.45, 7) is 9.09. The minimum atomic E-state index is -0.833. The molecule has 0 rings (SSSR count). The quantitative estimate of drug-likeness (QED) is 0.438. The predicted molar refractivity (Wildman–Crippen MR) is 89.8 cm³/mol. The van der Waals surface area contributed by atoms with Crippen molar-refractivity contribution < 1.29 is 34.3 Å². The third kappa shape index (κ3) is 52.5. The van der Waals surface area contributed by atoms with Gasteiger partial charge in [-0.15, -0.1) is 0 Å². The number of hydrogen-bond donors (Lipinski definition) is 3. The molecule has 0 aromatic heterocycles. The Morgan fingerprint density at radius 1 is 0.739 bits per heavy atom. The van der Waals surface area contributed by atoms with E-state index in [4.69, 9.17) is 34.3 Å². The molecule has 0 radical (unpaired) electrons. The Kier molecular flexibility index (Phi) is 34.6. The Balaban J connectivity index is -0.000000284. The minimum Gasteiger partial charge on any atom is -0.481 e. The molecular weight excluding hydrogens is 304 g/mol. The van der Waals surface area contributed by atoms with Crippen LogP contribution in [0.25, 0.3) is 0 Å². The normalized spacial score (nSPS) is 9.43. The molecule has 0 aliphatic rings. The van der Waals surface area contributed by atoms with Crippen LogP contribution in [0.2, 0.25) is 0 Å². The molecule has 0 spiro atoms. The monoisotopic (exact) mass is 340 g/mol. The van der Waals surface area contributed by atoms with Crippen LogP contribution in [0.4, 0.5) is 0 Å². The minimum absolute atomic E-state index is 0.0417. The van der Waals surface area contributed by atoms with Gasteiger partial charge in [-0.1, -0.05) is 26.7 Å². The number of rotatable bonds is 13. The Labute approximate surface area is 140 Å². The zero-order chi connectivity index (χ0) is 18.2. The Morgan fingerprint density at radius 3 is 1.30 bits per heavy atom. The molecule has 3 N–H and O–H groups in total. The Hall–Kier alpha value is -0.730. The SMILES string of the molecule is CC(=O)O.CCCCOCCCC.OCCOCCOCCO. The van der Waals surface area contributed by atoms with Crippen molar-refractivity contribution in [3.8, 4) is 0 Å². The lowest BCUT2D eigenvalue weighted by Gasteiger charge is -2.01. The number of aliphatic hydroxyl groups excluding tert-OH is 2. The molecule has 0 aromatic carbocycles. The fraction of sp³-hybridized carbons (Fsp3) is 0.938. The van der Waals surface area contributed by atoms with E-state index in [1.165, 1.54) is 25.7 Å². The highest BCUT2D eigenvalue weighted by Gasteiger charge is 1.86. The summed E-state index contributed by atoms with van der Waals surface area (Å²) in [5, 5.41) is 23.9. The van der Waals surface area contributed by atoms with Gasteiger partial charge in [-0.3, -0.25) is 4.79 Å². The van der Waals surface area contributed by atoms with Crippen LogP contribution in [0.5, 0.6) is 0 Å². The highest BCUT2D eigenvalue weighted by molar-refractivity contribution is 5.62. The maximum atomic E-state index is 9.00. The van der Waals surface area contributed by atoms with Gasteiger partial charge in [0.25, 0.3) is 5.97 Å². The molecular formula is C16H36O7. The van der Waals surface area contributed by atoms with Gasteiger partial charge in [0.2, 0.25) is 0 Å². The average molecular weight is 340 g/mol. The fourth-order valence-corrected chi connectivity index (χ4v) is 1.05. The van der Waals surface area contributed by atoms with E-state index >= 15 is 0 Å². The maximum Gasteiger partial charge on any atom is 0.300 e. The van der Waals surface area contributed by atoms with Crippen LogP contribution in [-0.4, -0.2) is 74.1 Å². The molecule has 0 bridgehead atoms. The van der Waals surface area contributed by atoms with Gasteiger partial charge in [-0.05, 0) is 12.8 Å². The molecule has 23 heavy (non-hydrogen) atoms. The number of carboxylic acids is 1. The number of aliphatic carboxylic acids is 1. The number of aliphatic hydroxyl groups is 2. The van der Waals surface area contributed by atoms with Crippen LogP contribution < -0.4 is 0 Å². The van der Waals surface area contributed by atoms with Crippen LogP contribution in [0.15, 0.2) is 0 Å². The molecule has 142 valence electrons. The Bertz CT molecular complexity index is 183. The molecule has 0 saturated carbocycles. The van der Waals surface area contributed by atoms with E-state index in [9.17, 15) is 0 Å². The molecule has 0 fully saturated rings. The van der Waals surface area contributed by atoms with Crippen LogP contribution in [0.3, 0.4) is 0 Å². The number of hydrogen-bond acceptors (Lipinski definition) is 6. The first-order valence-electron chi connectivity index (χ1n) is 8.21. The van der Waals surface area contributed by atoms with Crippen molar-refractivity contribution in [1.82, 2.24) is 0 Å². The molecule has 0 unspecified atom stereocenters. The van der Waals surface area contributed by atoms with Crippen LogP contribution >= 0.6 is 0 Å². The Morgan fingerprint density at radius 2 is 1.04 bits per heavy atom. The first-order valence-corrected chi connectivity index (χ1v) is 8.21. The molecule has 0 aliphatic heterocycles. The third-order valence-electron chi connectivity index (χ3n) is 2.13. The summed E-state index contributed by atoms with van der Waals surface area (Å²) in [6, 6.07) is 0. The molecule has 0 saturated heterocycles. The second-order valence-corrected chi connectivity index (χ2v) is 4.51. The van der Waals surface area contributed by atoms with Crippen molar-refractivity contribution in [3.63, 3.8) is 0 Å². The smallest absolute Gasteiger partial charge is 0.300 e. The third-order valence-corrected chi connectivity index (χ3v) is 2.13. The van der Waals surface area contributed by atoms with Gasteiger partial charge in [0.15, 0.2) is 0 Å². The van der Waals surface area contributed by atoms with Gasteiger partial charge in [0.05, 0.1) is 39.6 Å². The van der Waals surface area contributed by atoms with E-state index in [2.05, 4.69) is 13.8 Å². The zero-order valence-corrected chi connectivity index (χ0v) is 15.0. The van der Waals surface area contributed by atoms with Crippen molar-refractivity contribution in [2.45, 2.75) is 46.5 Å². The summed E-state index contributed by atoms with van der Waals surface area (Å²) >= 11 is 0. The number of carboxylic acid groups (broad SMARTS) is 1. The zero-order valence-electron chi connectivity index (χ0n) is 15.0. The second-order valence-electron chi connectivity index (χ2n) is 4.51. The molecule has 7 heteroatoms. The van der Waals surface area contributed by atoms with Crippen molar-refractivity contribution in [1.29, 1.82) is 0 Å². The molecule has 0 heterocycles. The summed E-state index contributed by atoms with van der Waals surface area (Å²) < 4.78 is 15.1. The fourth-order valence-electron chi connectivity index (χ4n) is 1.05. The lowest BCUT2D eigenvalue weighted by atomic mass is 10.3. The summed E-state index contributed by atoms with van der Waals surface area (Å²) in [5.74, 6) is -0.833. The van der Waals surface area contributed by atoms with E-state index in [1.807, 2.05) is 0 Å². The molecule has 7 nitrogen and oxygen atoms in total. The highest BCUT2D eigenvalue weighted by atomic mass is 16.5. The highest BCUT2D eigenvalue weighted by Crippen LogP contribution is 1.91. The topological polar surface area (TPSA) is 105 Å². The van der Waals surface area contributed by atoms with Crippen molar-refractivity contribution in [2.75, 3.05) is 52.9 Å². The first kappa shape index (κ1) is 27.1. The van der Waals surface area contributed by atoms with E-state index in [1.54, 1.807) is 0 Å². The van der Waals surface area contributed by atoms with Gasteiger partial charge in [0, 0.05) is 20.1 Å². The van der Waals surface area contributed by atoms with Gasteiger partial charge >= 0.3 is 0 Å². The van der Waals surface area contributed by atoms with Gasteiger partial charge < -0.3 is 29.5 Å². The lowest BCUT2D eigenvalue weighted by molar-refractivity contribution is -0.134. The second kappa shape index (κ2) is 29.3. The summed E-state index contributed by atoms with van der Waals surface area (Å²) in [6.07, 6.45) is 4.91. The van der Waals surface area contributed by atoms with Crippen molar-refractivity contribution in [3.05, 3.63) is 0 Å². The first-order chi connectivity index (χ1) is 11.1. The summed E-state index contributed by atoms with van der Waals surface area (Å²) in [5.41, 5.74) is 0. The summed E-state index contributed by atoms with van der Waals surface area (Å²) in [7, 11) is 0. The van der Waals surface area contributed by atoms with Gasteiger partial charge in [-0.2, -0.15) is 0 Å². The lowest BCUT2D eigenvalue weighted by Crippen LogP contribution is -2.09. The largest absolute Gasteiger partial charge is 0.481 e. The molecule has 0 atom stereocenters. The van der Waals surface area contributed by atoms with E-state index in [-0.39, 0.29) is 13.2 Å². The molecule has 0 aliphatic carbocycles. The van der Waals surface area contributed by atoms with Crippen molar-refractivity contribution >= 4 is 5.97 Å². The average Bonchev–Trinajstić information content (AvgIpc) is 2.51. The number of ether oxygens (including phenoxy) is 3.